The Hall–Kier alpha value is -2.46. The average Bonchev–Trinajstić information content (AvgIpc) is 2.49. The van der Waals surface area contributed by atoms with Crippen molar-refractivity contribution in [3.05, 3.63) is 53.6 Å². The van der Waals surface area contributed by atoms with Crippen molar-refractivity contribution in [1.29, 1.82) is 5.26 Å². The molecule has 0 saturated carbocycles. The number of hydrogen-bond acceptors (Lipinski definition) is 3. The van der Waals surface area contributed by atoms with Crippen molar-refractivity contribution < 1.29 is 18.0 Å². The van der Waals surface area contributed by atoms with Crippen molar-refractivity contribution in [1.82, 2.24) is 0 Å². The number of hydrogen-bond donors (Lipinski definition) is 1. The molecule has 0 fully saturated rings. The number of carbonyl (C=O) groups excluding carboxylic acids is 1. The number of alkyl halides is 3. The molecule has 2 aromatic carbocycles. The van der Waals surface area contributed by atoms with Crippen LogP contribution in [0, 0.1) is 11.3 Å². The van der Waals surface area contributed by atoms with E-state index in [1.54, 1.807) is 12.1 Å². The lowest BCUT2D eigenvalue weighted by Crippen LogP contribution is -2.04. The smallest absolute Gasteiger partial charge is 0.328 e. The minimum absolute atomic E-state index is 0.345. The molecule has 1 N–H and O–H groups in total. The molecule has 0 aromatic heterocycles. The van der Waals surface area contributed by atoms with Gasteiger partial charge in [-0.25, -0.2) is 0 Å². The Kier molecular flexibility index (Phi) is 4.73. The molecule has 0 aliphatic rings. The van der Waals surface area contributed by atoms with E-state index in [0.29, 0.717) is 27.5 Å². The van der Waals surface area contributed by atoms with Crippen molar-refractivity contribution in [2.75, 3.05) is 5.32 Å². The number of anilines is 1. The first-order valence-electron chi connectivity index (χ1n) is 6.03. The van der Waals surface area contributed by atoms with Crippen LogP contribution in [0.3, 0.4) is 0 Å². The van der Waals surface area contributed by atoms with Gasteiger partial charge in [-0.3, -0.25) is 4.79 Å². The summed E-state index contributed by atoms with van der Waals surface area (Å²) in [6.45, 7) is 0. The fraction of sp³-hybridized carbons (Fsp3) is 0.0667. The lowest BCUT2D eigenvalue weighted by atomic mass is 10.2. The fourth-order valence-electron chi connectivity index (χ4n) is 1.73. The summed E-state index contributed by atoms with van der Waals surface area (Å²) in [6, 6.07) is 11.4. The van der Waals surface area contributed by atoms with E-state index in [4.69, 9.17) is 5.26 Å². The quantitative estimate of drug-likeness (QED) is 0.854. The summed E-state index contributed by atoms with van der Waals surface area (Å²) in [5.41, 5.74) is -0.0229. The molecule has 0 saturated heterocycles. The molecule has 0 spiro atoms. The molecule has 7 heteroatoms. The van der Waals surface area contributed by atoms with E-state index in [1.807, 2.05) is 6.07 Å². The molecule has 0 aliphatic carbocycles. The number of rotatable bonds is 4. The van der Waals surface area contributed by atoms with E-state index >= 15 is 0 Å². The maximum atomic E-state index is 12.7. The van der Waals surface area contributed by atoms with Gasteiger partial charge in [-0.1, -0.05) is 17.8 Å². The molecule has 112 valence electrons. The molecule has 0 unspecified atom stereocenters. The zero-order valence-corrected chi connectivity index (χ0v) is 11.8. The number of nitrogens with one attached hydrogen (secondary N) is 1. The van der Waals surface area contributed by atoms with E-state index in [9.17, 15) is 18.0 Å². The molecule has 1 amide bonds. The number of benzene rings is 2. The van der Waals surface area contributed by atoms with Gasteiger partial charge in [0, 0.05) is 9.79 Å². The fourth-order valence-corrected chi connectivity index (χ4v) is 2.68. The van der Waals surface area contributed by atoms with Gasteiger partial charge >= 0.3 is 6.18 Å². The maximum absolute atomic E-state index is 12.7. The third-order valence-corrected chi connectivity index (χ3v) is 3.78. The molecule has 0 bridgehead atoms. The lowest BCUT2D eigenvalue weighted by molar-refractivity contribution is -0.137. The first-order valence-corrected chi connectivity index (χ1v) is 6.85. The van der Waals surface area contributed by atoms with Gasteiger partial charge in [0.15, 0.2) is 0 Å². The SMILES string of the molecule is N#Cc1ccc(Sc2cccc(C(F)(F)F)c2)c(NC=O)c1. The van der Waals surface area contributed by atoms with Crippen molar-refractivity contribution in [3.63, 3.8) is 0 Å². The topological polar surface area (TPSA) is 52.9 Å². The number of nitrogens with zero attached hydrogens (tertiary/aromatic N) is 1. The molecule has 0 heterocycles. The van der Waals surface area contributed by atoms with Crippen LogP contribution in [0.5, 0.6) is 0 Å². The summed E-state index contributed by atoms with van der Waals surface area (Å²) in [5.74, 6) is 0. The largest absolute Gasteiger partial charge is 0.416 e. The van der Waals surface area contributed by atoms with Crippen LogP contribution in [0.4, 0.5) is 18.9 Å². The zero-order chi connectivity index (χ0) is 16.2. The lowest BCUT2D eigenvalue weighted by Gasteiger charge is -2.11. The third kappa shape index (κ3) is 3.80. The number of nitriles is 1. The van der Waals surface area contributed by atoms with Crippen LogP contribution in [-0.4, -0.2) is 6.41 Å². The summed E-state index contributed by atoms with van der Waals surface area (Å²) >= 11 is 1.07. The molecule has 2 aromatic rings. The Balaban J connectivity index is 2.35. The highest BCUT2D eigenvalue weighted by molar-refractivity contribution is 7.99. The van der Waals surface area contributed by atoms with Crippen LogP contribution < -0.4 is 5.32 Å². The van der Waals surface area contributed by atoms with Gasteiger partial charge in [-0.2, -0.15) is 18.4 Å². The highest BCUT2D eigenvalue weighted by Crippen LogP contribution is 2.37. The van der Waals surface area contributed by atoms with Crippen LogP contribution in [0.2, 0.25) is 0 Å². The first kappa shape index (κ1) is 15.9. The predicted octanol–water partition coefficient (Wildman–Crippen LogP) is 4.30. The average molecular weight is 322 g/mol. The highest BCUT2D eigenvalue weighted by Gasteiger charge is 2.30. The Morgan fingerprint density at radius 3 is 2.59 bits per heavy atom. The molecular weight excluding hydrogens is 313 g/mol. The number of amides is 1. The van der Waals surface area contributed by atoms with Gasteiger partial charge in [0.25, 0.3) is 0 Å². The molecular formula is C15H9F3N2OS. The van der Waals surface area contributed by atoms with E-state index < -0.39 is 11.7 Å². The van der Waals surface area contributed by atoms with Crippen LogP contribution >= 0.6 is 11.8 Å². The van der Waals surface area contributed by atoms with Crippen molar-refractivity contribution in [2.45, 2.75) is 16.0 Å². The summed E-state index contributed by atoms with van der Waals surface area (Å²) < 4.78 is 38.1. The second kappa shape index (κ2) is 6.54. The van der Waals surface area contributed by atoms with Crippen LogP contribution in [0.25, 0.3) is 0 Å². The second-order valence-corrected chi connectivity index (χ2v) is 5.33. The second-order valence-electron chi connectivity index (χ2n) is 4.21. The van der Waals surface area contributed by atoms with Gasteiger partial charge in [0.05, 0.1) is 22.9 Å². The van der Waals surface area contributed by atoms with Gasteiger partial charge in [0.2, 0.25) is 6.41 Å². The number of halogens is 3. The predicted molar refractivity (Wildman–Crippen MR) is 76.4 cm³/mol. The van der Waals surface area contributed by atoms with Crippen molar-refractivity contribution in [2.24, 2.45) is 0 Å². The molecule has 0 atom stereocenters. The Morgan fingerprint density at radius 2 is 1.95 bits per heavy atom. The Bertz CT molecular complexity index is 738. The molecule has 0 aliphatic heterocycles. The van der Waals surface area contributed by atoms with E-state index in [1.165, 1.54) is 18.2 Å². The molecule has 0 radical (unpaired) electrons. The zero-order valence-electron chi connectivity index (χ0n) is 11.0. The summed E-state index contributed by atoms with van der Waals surface area (Å²) in [4.78, 5) is 11.5. The van der Waals surface area contributed by atoms with Gasteiger partial charge in [-0.05, 0) is 36.4 Å². The summed E-state index contributed by atoms with van der Waals surface area (Å²) in [6.07, 6.45) is -3.96. The van der Waals surface area contributed by atoms with E-state index in [-0.39, 0.29) is 0 Å². The molecule has 3 nitrogen and oxygen atoms in total. The monoisotopic (exact) mass is 322 g/mol. The highest BCUT2D eigenvalue weighted by atomic mass is 32.2. The summed E-state index contributed by atoms with van der Waals surface area (Å²) in [7, 11) is 0. The maximum Gasteiger partial charge on any atom is 0.416 e. The summed E-state index contributed by atoms with van der Waals surface area (Å²) in [5, 5.41) is 11.3. The van der Waals surface area contributed by atoms with Crippen molar-refractivity contribution in [3.8, 4) is 6.07 Å². The van der Waals surface area contributed by atoms with Gasteiger partial charge < -0.3 is 5.32 Å². The Morgan fingerprint density at radius 1 is 1.18 bits per heavy atom. The van der Waals surface area contributed by atoms with Crippen LogP contribution in [-0.2, 0) is 11.0 Å². The van der Waals surface area contributed by atoms with Crippen LogP contribution in [0.1, 0.15) is 11.1 Å². The molecule has 2 rings (SSSR count). The number of carbonyl (C=O) groups is 1. The van der Waals surface area contributed by atoms with Crippen molar-refractivity contribution >= 4 is 23.9 Å². The van der Waals surface area contributed by atoms with Gasteiger partial charge in [-0.15, -0.1) is 0 Å². The Labute approximate surface area is 128 Å². The third-order valence-electron chi connectivity index (χ3n) is 2.71. The standard InChI is InChI=1S/C15H9F3N2OS/c16-15(17,18)11-2-1-3-12(7-11)22-14-5-4-10(8-19)6-13(14)20-9-21/h1-7,9H,(H,20,21). The van der Waals surface area contributed by atoms with Gasteiger partial charge in [0.1, 0.15) is 0 Å². The van der Waals surface area contributed by atoms with Crippen LogP contribution in [0.15, 0.2) is 52.3 Å². The van der Waals surface area contributed by atoms with E-state index in [0.717, 1.165) is 23.9 Å². The minimum atomic E-state index is -4.41. The first-order chi connectivity index (χ1) is 10.4. The molecule has 22 heavy (non-hydrogen) atoms. The normalized spacial score (nSPS) is 10.8. The van der Waals surface area contributed by atoms with E-state index in [2.05, 4.69) is 5.32 Å². The minimum Gasteiger partial charge on any atom is -0.328 e.